The van der Waals surface area contributed by atoms with Gasteiger partial charge in [0.2, 0.25) is 0 Å². The maximum atomic E-state index is 12.8. The van der Waals surface area contributed by atoms with Gasteiger partial charge >= 0.3 is 18.3 Å². The Morgan fingerprint density at radius 1 is 1.08 bits per heavy atom. The molecule has 1 heterocycles. The Morgan fingerprint density at radius 3 is 2.08 bits per heavy atom. The standard InChI is InChI=1S/C15H14F6N2O/c1-9-4-2-3-5-23(9)22-13(24)10-6-11(14(16,17)18)8-12(7-10)15(19,20)21/h5-9H,2-4H2,1H3/p+1. The van der Waals surface area contributed by atoms with E-state index < -0.39 is 35.0 Å². The zero-order valence-corrected chi connectivity index (χ0v) is 12.6. The summed E-state index contributed by atoms with van der Waals surface area (Å²) in [4.78, 5) is 12.1. The third-order valence-electron chi connectivity index (χ3n) is 3.71. The average Bonchev–Trinajstić information content (AvgIpc) is 2.47. The second-order valence-electron chi connectivity index (χ2n) is 5.61. The minimum atomic E-state index is -4.99. The first kappa shape index (κ1) is 18.3. The van der Waals surface area contributed by atoms with Crippen molar-refractivity contribution in [1.82, 2.24) is 5.43 Å². The molecule has 1 aliphatic rings. The Labute approximate surface area is 133 Å². The van der Waals surface area contributed by atoms with Crippen molar-refractivity contribution in [3.63, 3.8) is 0 Å². The van der Waals surface area contributed by atoms with Crippen LogP contribution in [-0.4, -0.2) is 22.8 Å². The predicted molar refractivity (Wildman–Crippen MR) is 73.5 cm³/mol. The lowest BCUT2D eigenvalue weighted by atomic mass is 10.0. The second kappa shape index (κ2) is 6.45. The van der Waals surface area contributed by atoms with Crippen molar-refractivity contribution < 1.29 is 35.8 Å². The molecule has 0 saturated carbocycles. The molecular formula is C15H15F6N2O+. The lowest BCUT2D eigenvalue weighted by molar-refractivity contribution is -0.605. The summed E-state index contributed by atoms with van der Waals surface area (Å²) in [6, 6.07) is 0.737. The van der Waals surface area contributed by atoms with E-state index in [9.17, 15) is 31.1 Å². The fourth-order valence-electron chi connectivity index (χ4n) is 2.39. The van der Waals surface area contributed by atoms with Gasteiger partial charge in [0.25, 0.3) is 0 Å². The van der Waals surface area contributed by atoms with E-state index in [0.29, 0.717) is 18.6 Å². The summed E-state index contributed by atoms with van der Waals surface area (Å²) < 4.78 is 78.2. The van der Waals surface area contributed by atoms with Gasteiger partial charge < -0.3 is 0 Å². The summed E-state index contributed by atoms with van der Waals surface area (Å²) in [5.74, 6) is -1.02. The molecule has 0 bridgehead atoms. The molecule has 0 saturated heterocycles. The molecule has 24 heavy (non-hydrogen) atoms. The van der Waals surface area contributed by atoms with Gasteiger partial charge in [-0.1, -0.05) is 0 Å². The van der Waals surface area contributed by atoms with E-state index in [-0.39, 0.29) is 12.1 Å². The van der Waals surface area contributed by atoms with Crippen molar-refractivity contribution in [3.05, 3.63) is 34.9 Å². The SMILES string of the molecule is CC1CCCC=[N+]1NC(=O)c1cc(C(F)(F)F)cc(C(F)(F)F)c1. The van der Waals surface area contributed by atoms with E-state index in [0.717, 1.165) is 12.8 Å². The van der Waals surface area contributed by atoms with Crippen LogP contribution in [0.4, 0.5) is 26.3 Å². The number of hydrazine groups is 1. The number of alkyl halides is 6. The number of carbonyl (C=O) groups excluding carboxylic acids is 1. The highest BCUT2D eigenvalue weighted by atomic mass is 19.4. The van der Waals surface area contributed by atoms with Crippen molar-refractivity contribution in [2.24, 2.45) is 0 Å². The van der Waals surface area contributed by atoms with Crippen LogP contribution in [-0.2, 0) is 12.4 Å². The topological polar surface area (TPSA) is 32.1 Å². The lowest BCUT2D eigenvalue weighted by Crippen LogP contribution is -2.42. The summed E-state index contributed by atoms with van der Waals surface area (Å²) in [6.07, 6.45) is -5.99. The summed E-state index contributed by atoms with van der Waals surface area (Å²) in [5, 5.41) is 0. The van der Waals surface area contributed by atoms with Crippen molar-refractivity contribution in [2.75, 3.05) is 0 Å². The van der Waals surface area contributed by atoms with Gasteiger partial charge in [-0.25, -0.2) is 0 Å². The lowest BCUT2D eigenvalue weighted by Gasteiger charge is -2.16. The molecule has 0 spiro atoms. The Bertz CT molecular complexity index is 631. The van der Waals surface area contributed by atoms with E-state index in [1.807, 2.05) is 0 Å². The van der Waals surface area contributed by atoms with Crippen LogP contribution >= 0.6 is 0 Å². The van der Waals surface area contributed by atoms with Crippen LogP contribution < -0.4 is 5.43 Å². The monoisotopic (exact) mass is 353 g/mol. The summed E-state index contributed by atoms with van der Waals surface area (Å²) in [5.41, 5.74) is -1.38. The number of halogens is 6. The van der Waals surface area contributed by atoms with E-state index in [1.165, 1.54) is 4.68 Å². The van der Waals surface area contributed by atoms with Crippen LogP contribution in [0.2, 0.25) is 0 Å². The van der Waals surface area contributed by atoms with Gasteiger partial charge in [0.15, 0.2) is 12.3 Å². The highest BCUT2D eigenvalue weighted by Gasteiger charge is 2.38. The molecule has 1 aliphatic heterocycles. The van der Waals surface area contributed by atoms with Crippen LogP contribution in [0.3, 0.4) is 0 Å². The zero-order chi connectivity index (χ0) is 18.1. The first-order valence-electron chi connectivity index (χ1n) is 7.20. The van der Waals surface area contributed by atoms with Crippen molar-refractivity contribution in [3.8, 4) is 0 Å². The third kappa shape index (κ3) is 4.27. The van der Waals surface area contributed by atoms with Gasteiger partial charge in [-0.15, -0.1) is 10.1 Å². The van der Waals surface area contributed by atoms with Crippen LogP contribution in [0, 0.1) is 0 Å². The molecule has 132 valence electrons. The number of benzene rings is 1. The number of hydrogen-bond acceptors (Lipinski definition) is 1. The Kier molecular flexibility index (Phi) is 4.91. The minimum absolute atomic E-state index is 0.00752. The Balaban J connectivity index is 2.38. The molecule has 1 aromatic carbocycles. The Hall–Kier alpha value is -2.06. The summed E-state index contributed by atoms with van der Waals surface area (Å²) in [7, 11) is 0. The van der Waals surface area contributed by atoms with Gasteiger partial charge in [-0.05, 0) is 24.6 Å². The molecule has 1 aromatic rings. The molecule has 0 aliphatic carbocycles. The molecule has 2 rings (SSSR count). The first-order valence-corrected chi connectivity index (χ1v) is 7.20. The number of carbonyl (C=O) groups is 1. The number of amides is 1. The number of hydrazone groups is 1. The summed E-state index contributed by atoms with van der Waals surface area (Å²) in [6.45, 7) is 1.79. The largest absolute Gasteiger partial charge is 0.416 e. The first-order chi connectivity index (χ1) is 11.0. The number of rotatable bonds is 2. The molecule has 1 N–H and O–H groups in total. The predicted octanol–water partition coefficient (Wildman–Crippen LogP) is 4.02. The molecule has 3 nitrogen and oxygen atoms in total. The molecule has 0 radical (unpaired) electrons. The van der Waals surface area contributed by atoms with Crippen LogP contribution in [0.15, 0.2) is 18.2 Å². The Morgan fingerprint density at radius 2 is 1.62 bits per heavy atom. The van der Waals surface area contributed by atoms with E-state index >= 15 is 0 Å². The highest BCUT2D eigenvalue weighted by Crippen LogP contribution is 2.36. The molecule has 1 atom stereocenters. The van der Waals surface area contributed by atoms with Crippen molar-refractivity contribution in [2.45, 2.75) is 44.6 Å². The van der Waals surface area contributed by atoms with Crippen LogP contribution in [0.1, 0.15) is 47.7 Å². The molecule has 1 amide bonds. The van der Waals surface area contributed by atoms with Gasteiger partial charge in [0.1, 0.15) is 0 Å². The van der Waals surface area contributed by atoms with E-state index in [1.54, 1.807) is 13.1 Å². The highest BCUT2D eigenvalue weighted by molar-refractivity contribution is 5.94. The molecule has 1 unspecified atom stereocenters. The second-order valence-corrected chi connectivity index (χ2v) is 5.61. The molecule has 0 fully saturated rings. The fourth-order valence-corrected chi connectivity index (χ4v) is 2.39. The molecule has 9 heteroatoms. The maximum absolute atomic E-state index is 12.8. The fraction of sp³-hybridized carbons (Fsp3) is 0.467. The quantitative estimate of drug-likeness (QED) is 0.632. The molecule has 0 aromatic heterocycles. The summed E-state index contributed by atoms with van der Waals surface area (Å²) >= 11 is 0. The molecular weight excluding hydrogens is 338 g/mol. The number of nitrogens with zero attached hydrogens (tertiary/aromatic N) is 1. The van der Waals surface area contributed by atoms with Gasteiger partial charge in [0, 0.05) is 25.3 Å². The van der Waals surface area contributed by atoms with Crippen molar-refractivity contribution in [1.29, 1.82) is 0 Å². The normalized spacial score (nSPS) is 19.0. The van der Waals surface area contributed by atoms with E-state index in [2.05, 4.69) is 5.43 Å². The van der Waals surface area contributed by atoms with E-state index in [4.69, 9.17) is 0 Å². The van der Waals surface area contributed by atoms with Gasteiger partial charge in [-0.2, -0.15) is 26.3 Å². The smallest absolute Gasteiger partial charge is 0.264 e. The maximum Gasteiger partial charge on any atom is 0.416 e. The van der Waals surface area contributed by atoms with Gasteiger partial charge in [0.05, 0.1) is 11.1 Å². The average molecular weight is 353 g/mol. The third-order valence-corrected chi connectivity index (χ3v) is 3.71. The zero-order valence-electron chi connectivity index (χ0n) is 12.6. The van der Waals surface area contributed by atoms with Crippen LogP contribution in [0.25, 0.3) is 0 Å². The van der Waals surface area contributed by atoms with Crippen LogP contribution in [0.5, 0.6) is 0 Å². The minimum Gasteiger partial charge on any atom is -0.264 e. The van der Waals surface area contributed by atoms with Crippen molar-refractivity contribution >= 4 is 12.1 Å². The van der Waals surface area contributed by atoms with Gasteiger partial charge in [-0.3, -0.25) is 4.79 Å². The number of nitrogens with one attached hydrogen (secondary N) is 1. The number of hydrogen-bond donors (Lipinski definition) is 1.